The number of fused-ring (bicyclic) bond motifs is 3. The molecule has 10 unspecified atom stereocenters. The van der Waals surface area contributed by atoms with Crippen LogP contribution in [0.15, 0.2) is 0 Å². The Hall–Kier alpha value is -4.32. The van der Waals surface area contributed by atoms with Gasteiger partial charge in [-0.1, -0.05) is 48.5 Å². The lowest BCUT2D eigenvalue weighted by Gasteiger charge is -2.42. The molecule has 0 aromatic rings. The Morgan fingerprint density at radius 3 is 2.02 bits per heavy atom. The zero-order valence-corrected chi connectivity index (χ0v) is 38.2. The van der Waals surface area contributed by atoms with E-state index in [9.17, 15) is 59.0 Å². The molecular weight excluding hydrogens is 841 g/mol. The van der Waals surface area contributed by atoms with Crippen molar-refractivity contribution in [3.63, 3.8) is 0 Å². The fourth-order valence-corrected chi connectivity index (χ4v) is 9.62. The first kappa shape index (κ1) is 50.7. The van der Waals surface area contributed by atoms with E-state index in [0.29, 0.717) is 25.7 Å². The number of nitrogens with one attached hydrogen (secondary N) is 3. The number of hydroxylamine groups is 4. The Kier molecular flexibility index (Phi) is 16.2. The third-order valence-electron chi connectivity index (χ3n) is 13.0. The van der Waals surface area contributed by atoms with Gasteiger partial charge < -0.3 is 29.9 Å². The number of hydrazine groups is 2. The quantitative estimate of drug-likeness (QED) is 0.0906. The maximum Gasteiger partial charge on any atom is 0.332 e. The van der Waals surface area contributed by atoms with Crippen molar-refractivity contribution < 1.29 is 68.5 Å². The van der Waals surface area contributed by atoms with E-state index >= 15 is 0 Å². The van der Waals surface area contributed by atoms with E-state index in [2.05, 4.69) is 16.2 Å². The number of hydrogen-bond donors (Lipinski definition) is 7. The summed E-state index contributed by atoms with van der Waals surface area (Å²) in [4.78, 5) is 115. The van der Waals surface area contributed by atoms with Gasteiger partial charge in [-0.25, -0.2) is 25.8 Å². The molecule has 5 rings (SSSR count). The standard InChI is InChI=1S/C42H68N8O14/c1-9-28-25(20-22(2)3)14-15-42(60,64-28)34(52)35(53)45-30-32(24(6)7)63-40(58)31(23(4)5)50(62)39(57)33-41(8,59)16-19-46(33)36(54)26-12-10-17-43-48(26)29(51)21-47(61)37(55)27-13-11-18-44-49(27)38(30)56/h22-28,30-33,43-44,59-62H,9-21H2,1-8H3,(H,45,53). The van der Waals surface area contributed by atoms with Gasteiger partial charge in [0.05, 0.1) is 11.7 Å². The van der Waals surface area contributed by atoms with Crippen LogP contribution in [0.5, 0.6) is 0 Å². The number of esters is 1. The molecule has 5 fully saturated rings. The maximum absolute atomic E-state index is 14.9. The number of Topliss-reactive ketones (excluding diaryl/α,β-unsaturated/α-hetero) is 1. The fourth-order valence-electron chi connectivity index (χ4n) is 9.62. The van der Waals surface area contributed by atoms with Gasteiger partial charge in [-0.3, -0.25) is 54.0 Å². The minimum Gasteiger partial charge on any atom is -0.458 e. The molecule has 0 aromatic heterocycles. The third kappa shape index (κ3) is 10.5. The van der Waals surface area contributed by atoms with Gasteiger partial charge in [0.2, 0.25) is 11.7 Å². The van der Waals surface area contributed by atoms with Crippen molar-refractivity contribution >= 4 is 47.2 Å². The van der Waals surface area contributed by atoms with Crippen LogP contribution >= 0.6 is 0 Å². The van der Waals surface area contributed by atoms with Gasteiger partial charge in [-0.2, -0.15) is 0 Å². The summed E-state index contributed by atoms with van der Waals surface area (Å²) < 4.78 is 11.9. The van der Waals surface area contributed by atoms with Crippen LogP contribution in [-0.2, 0) is 47.8 Å². The molecule has 0 radical (unpaired) electrons. The molecule has 7 N–H and O–H groups in total. The first-order valence-corrected chi connectivity index (χ1v) is 22.6. The molecule has 0 spiro atoms. The number of rotatable bonds is 8. The number of ketones is 1. The van der Waals surface area contributed by atoms with E-state index in [4.69, 9.17) is 9.47 Å². The van der Waals surface area contributed by atoms with Gasteiger partial charge in [-0.15, -0.1) is 0 Å². The van der Waals surface area contributed by atoms with Crippen molar-refractivity contribution in [3.05, 3.63) is 0 Å². The van der Waals surface area contributed by atoms with Crippen molar-refractivity contribution in [1.29, 1.82) is 0 Å². The second-order valence-corrected chi connectivity index (χ2v) is 19.1. The van der Waals surface area contributed by atoms with Crippen LogP contribution in [0.2, 0.25) is 0 Å². The first-order chi connectivity index (χ1) is 29.9. The molecule has 6 amide bonds. The maximum atomic E-state index is 14.9. The van der Waals surface area contributed by atoms with Crippen molar-refractivity contribution in [2.45, 2.75) is 167 Å². The second kappa shape index (κ2) is 20.5. The summed E-state index contributed by atoms with van der Waals surface area (Å²) >= 11 is 0. The Labute approximate surface area is 373 Å². The molecule has 22 heteroatoms. The Morgan fingerprint density at radius 1 is 0.828 bits per heavy atom. The third-order valence-corrected chi connectivity index (χ3v) is 13.0. The number of ether oxygens (including phenoxy) is 2. The lowest BCUT2D eigenvalue weighted by molar-refractivity contribution is -0.254. The molecule has 10 atom stereocenters. The molecule has 64 heavy (non-hydrogen) atoms. The van der Waals surface area contributed by atoms with Gasteiger partial charge in [0.15, 0.2) is 6.04 Å². The number of aliphatic hydroxyl groups is 2. The van der Waals surface area contributed by atoms with Crippen LogP contribution in [0.4, 0.5) is 0 Å². The summed E-state index contributed by atoms with van der Waals surface area (Å²) in [5.41, 5.74) is 3.67. The fraction of sp³-hybridized carbons (Fsp3) is 0.810. The van der Waals surface area contributed by atoms with Crippen LogP contribution in [0.1, 0.15) is 113 Å². The van der Waals surface area contributed by atoms with Crippen molar-refractivity contribution in [1.82, 2.24) is 41.2 Å². The number of nitrogens with zero attached hydrogens (tertiary/aromatic N) is 5. The summed E-state index contributed by atoms with van der Waals surface area (Å²) in [5.74, 6) is -13.5. The highest BCUT2D eigenvalue weighted by atomic mass is 16.6. The zero-order chi connectivity index (χ0) is 47.6. The molecule has 360 valence electrons. The molecule has 0 saturated carbocycles. The number of carbonyl (C=O) groups excluding carboxylic acids is 8. The minimum atomic E-state index is -2.58. The highest BCUT2D eigenvalue weighted by Crippen LogP contribution is 2.37. The summed E-state index contributed by atoms with van der Waals surface area (Å²) in [7, 11) is 0. The zero-order valence-electron chi connectivity index (χ0n) is 38.2. The topological polar surface area (TPSA) is 288 Å². The molecule has 0 bridgehead atoms. The molecule has 5 heterocycles. The normalized spacial score (nSPS) is 34.3. The van der Waals surface area contributed by atoms with Gasteiger partial charge in [0.25, 0.3) is 35.3 Å². The van der Waals surface area contributed by atoms with Gasteiger partial charge in [-0.05, 0) is 82.0 Å². The van der Waals surface area contributed by atoms with E-state index in [1.165, 1.54) is 34.6 Å². The minimum absolute atomic E-state index is 0.00705. The predicted molar refractivity (Wildman–Crippen MR) is 221 cm³/mol. The predicted octanol–water partition coefficient (Wildman–Crippen LogP) is -0.635. The Balaban J connectivity index is 1.58. The molecule has 0 aliphatic carbocycles. The lowest BCUT2D eigenvalue weighted by atomic mass is 9.82. The van der Waals surface area contributed by atoms with Crippen LogP contribution in [-0.4, -0.2) is 173 Å². The molecule has 22 nitrogen and oxygen atoms in total. The van der Waals surface area contributed by atoms with Crippen molar-refractivity contribution in [2.24, 2.45) is 23.7 Å². The number of hydrogen-bond acceptors (Lipinski definition) is 16. The molecule has 5 aliphatic heterocycles. The van der Waals surface area contributed by atoms with Crippen molar-refractivity contribution in [3.8, 4) is 0 Å². The van der Waals surface area contributed by atoms with Gasteiger partial charge >= 0.3 is 5.97 Å². The van der Waals surface area contributed by atoms with E-state index in [-0.39, 0.29) is 67.3 Å². The van der Waals surface area contributed by atoms with E-state index in [1.807, 2.05) is 20.8 Å². The second-order valence-electron chi connectivity index (χ2n) is 19.1. The number of amides is 6. The summed E-state index contributed by atoms with van der Waals surface area (Å²) in [6.45, 7) is 12.3. The smallest absolute Gasteiger partial charge is 0.332 e. The average molecular weight is 909 g/mol. The Morgan fingerprint density at radius 2 is 1.44 bits per heavy atom. The molecule has 0 aromatic carbocycles. The van der Waals surface area contributed by atoms with Crippen molar-refractivity contribution in [2.75, 3.05) is 26.2 Å². The average Bonchev–Trinajstić information content (AvgIpc) is 3.57. The van der Waals surface area contributed by atoms with Gasteiger partial charge in [0, 0.05) is 26.1 Å². The highest BCUT2D eigenvalue weighted by Gasteiger charge is 2.55. The Bertz CT molecular complexity index is 1800. The molecule has 5 aliphatic rings. The number of cyclic esters (lactones) is 1. The summed E-state index contributed by atoms with van der Waals surface area (Å²) in [6, 6.07) is -8.41. The number of carbonyl (C=O) groups is 8. The van der Waals surface area contributed by atoms with E-state index in [1.54, 1.807) is 0 Å². The lowest BCUT2D eigenvalue weighted by Crippen LogP contribution is -2.67. The van der Waals surface area contributed by atoms with Gasteiger partial charge in [0.1, 0.15) is 36.8 Å². The summed E-state index contributed by atoms with van der Waals surface area (Å²) in [5, 5.41) is 50.1. The molecule has 5 saturated heterocycles. The highest BCUT2D eigenvalue weighted by molar-refractivity contribution is 6.39. The van der Waals surface area contributed by atoms with E-state index in [0.717, 1.165) is 21.3 Å². The SMILES string of the molecule is CCC1OC(O)(C(=O)C(=O)NC2C(=O)N3NCCCC3C(=O)N(O)CC(=O)N3NCCCC3C(=O)N3CCC(C)(O)C3C(=O)N(O)C(C(C)C)C(=O)OC2C(C)C)CCC1CC(C)C. The van der Waals surface area contributed by atoms with Crippen LogP contribution in [0.25, 0.3) is 0 Å². The van der Waals surface area contributed by atoms with Crippen LogP contribution in [0, 0.1) is 23.7 Å². The first-order valence-electron chi connectivity index (χ1n) is 22.6. The van der Waals surface area contributed by atoms with Crippen LogP contribution in [0.3, 0.4) is 0 Å². The van der Waals surface area contributed by atoms with Crippen LogP contribution < -0.4 is 16.2 Å². The van der Waals surface area contributed by atoms with E-state index < -0.39 is 119 Å². The monoisotopic (exact) mass is 908 g/mol. The molecular formula is C42H68N8O14. The largest absolute Gasteiger partial charge is 0.458 e. The summed E-state index contributed by atoms with van der Waals surface area (Å²) in [6.07, 6.45) is -0.402.